The molecule has 3 N–H and O–H groups in total. The average Bonchev–Trinajstić information content (AvgIpc) is 3.89. The minimum atomic E-state index is -4.23. The number of imidazole rings is 1. The van der Waals surface area contributed by atoms with Crippen LogP contribution in [0.5, 0.6) is 11.5 Å². The topological polar surface area (TPSA) is 169 Å². The van der Waals surface area contributed by atoms with Crippen molar-refractivity contribution in [3.63, 3.8) is 0 Å². The number of nitrogens with one attached hydrogen (secondary N) is 1. The normalized spacial score (nSPS) is 16.4. The van der Waals surface area contributed by atoms with Crippen LogP contribution in [0.4, 0.5) is 0 Å². The van der Waals surface area contributed by atoms with Crippen molar-refractivity contribution < 1.29 is 35.4 Å². The number of ether oxygens (including phenoxy) is 2. The molecule has 328 valence electrons. The van der Waals surface area contributed by atoms with Gasteiger partial charge >= 0.3 is 0 Å². The summed E-state index contributed by atoms with van der Waals surface area (Å²) < 4.78 is 79.1. The van der Waals surface area contributed by atoms with Gasteiger partial charge in [-0.05, 0) is 42.2 Å². The van der Waals surface area contributed by atoms with Gasteiger partial charge in [0, 0.05) is 22.3 Å². The molecule has 0 radical (unpaired) electrons. The van der Waals surface area contributed by atoms with Crippen LogP contribution in [0.25, 0.3) is 33.9 Å². The first-order valence-electron chi connectivity index (χ1n) is 20.3. The van der Waals surface area contributed by atoms with Crippen molar-refractivity contribution in [2.45, 2.75) is 24.7 Å². The molecule has 0 saturated heterocycles. The molecule has 0 saturated carbocycles. The van der Waals surface area contributed by atoms with E-state index in [1.165, 1.54) is 0 Å². The van der Waals surface area contributed by atoms with Crippen LogP contribution in [-0.4, -0.2) is 65.9 Å². The lowest BCUT2D eigenvalue weighted by atomic mass is 9.97. The van der Waals surface area contributed by atoms with Gasteiger partial charge in [-0.1, -0.05) is 163 Å². The van der Waals surface area contributed by atoms with Gasteiger partial charge in [-0.25, -0.2) is 9.98 Å². The Morgan fingerprint density at radius 1 is 0.609 bits per heavy atom. The zero-order chi connectivity index (χ0) is 44.9. The van der Waals surface area contributed by atoms with Crippen molar-refractivity contribution in [3.05, 3.63) is 184 Å². The zero-order valence-electron chi connectivity index (χ0n) is 34.1. The second kappa shape index (κ2) is 19.1. The monoisotopic (exact) mass is 936 g/mol. The van der Waals surface area contributed by atoms with E-state index in [9.17, 15) is 25.9 Å². The predicted octanol–water partition coefficient (Wildman–Crippen LogP) is 10.00. The molecule has 7 aromatic rings. The number of aliphatic imine (C=N–C) groups is 1. The van der Waals surface area contributed by atoms with E-state index in [4.69, 9.17) is 42.7 Å². The van der Waals surface area contributed by atoms with E-state index in [2.05, 4.69) is 5.32 Å². The summed E-state index contributed by atoms with van der Waals surface area (Å²) in [5.41, 5.74) is 6.14. The summed E-state index contributed by atoms with van der Waals surface area (Å²) >= 11 is 14.9. The van der Waals surface area contributed by atoms with Gasteiger partial charge < -0.3 is 9.47 Å². The van der Waals surface area contributed by atoms with E-state index < -0.39 is 43.6 Å². The standard InChI is InChI=1S/C48H42Cl2N4O8S2/c49-41-37(25-13-27-39(41)61-29-15-31-63(55,56)57)47-51-45(35-21-9-3-10-22-35)46(36-23-11-4-12-24-36)54(47)48(38-26-14-28-40(42(38)50)62-30-16-32-64(58,59)60)52-43(33-17-5-1-6-18-33)44(53-48)34-19-7-2-8-20-34/h1-14,17-28,43,52H,15-16,29-32H2,(H,55,56,57)(H,58,59,60). The summed E-state index contributed by atoms with van der Waals surface area (Å²) in [5.74, 6) is -1.76. The number of hydrogen-bond donors (Lipinski definition) is 3. The molecule has 0 amide bonds. The van der Waals surface area contributed by atoms with Crippen LogP contribution in [0, 0.1) is 0 Å². The van der Waals surface area contributed by atoms with Crippen molar-refractivity contribution >= 4 is 49.1 Å². The number of rotatable bonds is 17. The Morgan fingerprint density at radius 2 is 1.11 bits per heavy atom. The van der Waals surface area contributed by atoms with Crippen LogP contribution in [0.3, 0.4) is 0 Å². The molecule has 1 aliphatic rings. The highest BCUT2D eigenvalue weighted by molar-refractivity contribution is 7.86. The zero-order valence-corrected chi connectivity index (χ0v) is 37.2. The Kier molecular flexibility index (Phi) is 13.4. The lowest BCUT2D eigenvalue weighted by Crippen LogP contribution is -2.46. The molecule has 2 heterocycles. The van der Waals surface area contributed by atoms with E-state index in [0.29, 0.717) is 34.1 Å². The fraction of sp³-hybridized carbons (Fsp3) is 0.167. The van der Waals surface area contributed by atoms with Gasteiger partial charge in [0.25, 0.3) is 20.2 Å². The summed E-state index contributed by atoms with van der Waals surface area (Å²) in [6.45, 7) is -0.117. The Hall–Kier alpha value is -5.84. The summed E-state index contributed by atoms with van der Waals surface area (Å²) in [5, 5.41) is 4.30. The molecular formula is C48H42Cl2N4O8S2. The number of hydrogen-bond acceptors (Lipinski definition) is 9. The smallest absolute Gasteiger partial charge is 0.264 e. The first-order valence-corrected chi connectivity index (χ1v) is 24.3. The van der Waals surface area contributed by atoms with Crippen LogP contribution in [-0.2, 0) is 26.0 Å². The fourth-order valence-electron chi connectivity index (χ4n) is 7.75. The molecular weight excluding hydrogens is 896 g/mol. The second-order valence-corrected chi connectivity index (χ2v) is 18.8. The van der Waals surface area contributed by atoms with Crippen molar-refractivity contribution in [3.8, 4) is 45.4 Å². The SMILES string of the molecule is O=S(=O)(O)CCCOc1cccc(-c2nc(-c3ccccc3)c(-c3ccccc3)n2C2(c3cccc(OCCCS(=O)(=O)O)c3Cl)N=C(c3ccccc3)C(c3ccccc3)N2)c1Cl. The van der Waals surface area contributed by atoms with E-state index in [-0.39, 0.29) is 47.6 Å². The molecule has 2 atom stereocenters. The lowest BCUT2D eigenvalue weighted by Gasteiger charge is -2.35. The summed E-state index contributed by atoms with van der Waals surface area (Å²) in [6.07, 6.45) is 0.0219. The number of aromatic nitrogens is 2. The van der Waals surface area contributed by atoms with Crippen molar-refractivity contribution in [2.24, 2.45) is 4.99 Å². The lowest BCUT2D eigenvalue weighted by molar-refractivity contribution is 0.298. The Labute approximate surface area is 381 Å². The molecule has 1 aromatic heterocycles. The van der Waals surface area contributed by atoms with E-state index in [0.717, 1.165) is 22.3 Å². The third-order valence-corrected chi connectivity index (χ3v) is 12.9. The number of nitrogens with zero attached hydrogens (tertiary/aromatic N) is 3. The highest BCUT2D eigenvalue weighted by Crippen LogP contribution is 2.50. The molecule has 2 unspecified atom stereocenters. The van der Waals surface area contributed by atoms with Crippen LogP contribution in [0.2, 0.25) is 10.0 Å². The molecule has 64 heavy (non-hydrogen) atoms. The molecule has 0 spiro atoms. The van der Waals surface area contributed by atoms with Gasteiger partial charge in [0.2, 0.25) is 5.79 Å². The third-order valence-electron chi connectivity index (χ3n) is 10.6. The van der Waals surface area contributed by atoms with Gasteiger partial charge in [0.05, 0.1) is 57.9 Å². The number of benzene rings is 6. The third kappa shape index (κ3) is 9.78. The van der Waals surface area contributed by atoms with E-state index in [1.54, 1.807) is 24.3 Å². The van der Waals surface area contributed by atoms with Crippen LogP contribution in [0.15, 0.2) is 163 Å². The Bertz CT molecular complexity index is 3010. The average molecular weight is 938 g/mol. The van der Waals surface area contributed by atoms with Crippen molar-refractivity contribution in [1.82, 2.24) is 14.9 Å². The van der Waals surface area contributed by atoms with Gasteiger partial charge in [0.15, 0.2) is 0 Å². The highest BCUT2D eigenvalue weighted by atomic mass is 35.5. The second-order valence-electron chi connectivity index (χ2n) is 14.9. The Morgan fingerprint density at radius 3 is 1.67 bits per heavy atom. The summed E-state index contributed by atoms with van der Waals surface area (Å²) in [6, 6.07) is 49.2. The summed E-state index contributed by atoms with van der Waals surface area (Å²) in [7, 11) is -8.44. The first kappa shape index (κ1) is 44.8. The molecule has 12 nitrogen and oxygen atoms in total. The van der Waals surface area contributed by atoms with Gasteiger partial charge in [0.1, 0.15) is 17.3 Å². The van der Waals surface area contributed by atoms with Crippen LogP contribution < -0.4 is 14.8 Å². The molecule has 0 bridgehead atoms. The van der Waals surface area contributed by atoms with Gasteiger partial charge in [-0.15, -0.1) is 0 Å². The minimum absolute atomic E-state index is 0.00611. The molecule has 6 aromatic carbocycles. The summed E-state index contributed by atoms with van der Waals surface area (Å²) in [4.78, 5) is 11.2. The minimum Gasteiger partial charge on any atom is -0.492 e. The molecule has 16 heteroatoms. The molecule has 0 fully saturated rings. The maximum absolute atomic E-state index is 11.6. The molecule has 0 aliphatic carbocycles. The van der Waals surface area contributed by atoms with E-state index >= 15 is 0 Å². The van der Waals surface area contributed by atoms with E-state index in [1.807, 2.05) is 138 Å². The van der Waals surface area contributed by atoms with Crippen LogP contribution >= 0.6 is 23.2 Å². The maximum Gasteiger partial charge on any atom is 0.264 e. The highest BCUT2D eigenvalue weighted by Gasteiger charge is 2.49. The van der Waals surface area contributed by atoms with Gasteiger partial charge in [-0.3, -0.25) is 19.0 Å². The maximum atomic E-state index is 11.6. The van der Waals surface area contributed by atoms with Crippen molar-refractivity contribution in [2.75, 3.05) is 24.7 Å². The van der Waals surface area contributed by atoms with Crippen LogP contribution in [0.1, 0.15) is 35.6 Å². The van der Waals surface area contributed by atoms with Crippen molar-refractivity contribution in [1.29, 1.82) is 0 Å². The number of halogens is 2. The fourth-order valence-corrected chi connectivity index (χ4v) is 9.29. The predicted molar refractivity (Wildman–Crippen MR) is 250 cm³/mol. The molecule has 8 rings (SSSR count). The Balaban J connectivity index is 1.45. The largest absolute Gasteiger partial charge is 0.492 e. The van der Waals surface area contributed by atoms with Gasteiger partial charge in [-0.2, -0.15) is 16.8 Å². The first-order chi connectivity index (χ1) is 30.8. The molecule has 1 aliphatic heterocycles. The quantitative estimate of drug-likeness (QED) is 0.0590.